The number of nitrogens with one attached hydrogen (secondary N) is 1. The Morgan fingerprint density at radius 2 is 1.83 bits per heavy atom. The molecule has 4 rings (SSSR count). The Bertz CT molecular complexity index is 715. The number of methoxy groups -OCH3 is 1. The number of carbonyl (C=O) groups is 2. The van der Waals surface area contributed by atoms with Crippen LogP contribution >= 0.6 is 12.4 Å². The Morgan fingerprint density at radius 3 is 2.41 bits per heavy atom. The smallest absolute Gasteiger partial charge is 0.228 e. The van der Waals surface area contributed by atoms with Crippen molar-refractivity contribution in [2.24, 2.45) is 17.8 Å². The van der Waals surface area contributed by atoms with Gasteiger partial charge in [-0.3, -0.25) is 9.59 Å². The van der Waals surface area contributed by atoms with E-state index in [2.05, 4.69) is 12.2 Å². The molecular weight excluding hydrogens is 390 g/mol. The van der Waals surface area contributed by atoms with E-state index in [4.69, 9.17) is 4.74 Å². The van der Waals surface area contributed by atoms with Crippen molar-refractivity contribution in [2.75, 3.05) is 39.8 Å². The van der Waals surface area contributed by atoms with E-state index in [9.17, 15) is 9.59 Å². The minimum absolute atomic E-state index is 0. The second-order valence-corrected chi connectivity index (χ2v) is 8.39. The maximum atomic E-state index is 13.5. The zero-order chi connectivity index (χ0) is 19.7. The fraction of sp³-hybridized carbons (Fsp3) is 0.636. The third-order valence-corrected chi connectivity index (χ3v) is 6.66. The van der Waals surface area contributed by atoms with Crippen molar-refractivity contribution >= 4 is 24.2 Å². The molecule has 1 aromatic carbocycles. The number of ether oxygens (including phenoxy) is 1. The number of amides is 2. The van der Waals surface area contributed by atoms with Crippen molar-refractivity contribution in [1.29, 1.82) is 0 Å². The second kappa shape index (κ2) is 9.35. The number of likely N-dealkylation sites (tertiary alicyclic amines) is 2. The maximum Gasteiger partial charge on any atom is 0.228 e. The first kappa shape index (κ1) is 21.9. The molecule has 6 nitrogen and oxygen atoms in total. The van der Waals surface area contributed by atoms with Crippen molar-refractivity contribution in [3.8, 4) is 5.75 Å². The molecule has 0 aliphatic carbocycles. The fourth-order valence-electron chi connectivity index (χ4n) is 5.09. The van der Waals surface area contributed by atoms with Gasteiger partial charge in [0.1, 0.15) is 5.75 Å². The van der Waals surface area contributed by atoms with Gasteiger partial charge in [0.2, 0.25) is 11.8 Å². The standard InChI is InChI=1S/C22H31N3O3.ClH/c1-3-4-9-25-20(26)10-19(21(25)15-5-7-18(28-2)8-6-15)22(27)24-13-16-11-23-12-17(16)14-24;/h5-8,16-17,19,21,23H,3-4,9-14H2,1-2H3;1H/t16-,17+,19?,21?;. The van der Waals surface area contributed by atoms with Gasteiger partial charge in [-0.25, -0.2) is 0 Å². The summed E-state index contributed by atoms with van der Waals surface area (Å²) in [4.78, 5) is 30.2. The zero-order valence-corrected chi connectivity index (χ0v) is 18.1. The minimum atomic E-state index is -0.287. The van der Waals surface area contributed by atoms with Crippen molar-refractivity contribution in [2.45, 2.75) is 32.2 Å². The van der Waals surface area contributed by atoms with Gasteiger partial charge in [-0.15, -0.1) is 12.4 Å². The lowest BCUT2D eigenvalue weighted by atomic mass is 9.92. The van der Waals surface area contributed by atoms with Crippen LogP contribution in [0, 0.1) is 17.8 Å². The molecule has 3 fully saturated rings. The number of unbranched alkanes of at least 4 members (excludes halogenated alkanes) is 1. The molecule has 160 valence electrons. The van der Waals surface area contributed by atoms with Gasteiger partial charge in [-0.2, -0.15) is 0 Å². The fourth-order valence-corrected chi connectivity index (χ4v) is 5.09. The maximum absolute atomic E-state index is 13.5. The normalized spacial score (nSPS) is 28.4. The average molecular weight is 422 g/mol. The largest absolute Gasteiger partial charge is 0.497 e. The number of rotatable bonds is 6. The summed E-state index contributed by atoms with van der Waals surface area (Å²) in [5, 5.41) is 3.42. The van der Waals surface area contributed by atoms with Crippen LogP contribution in [0.5, 0.6) is 5.75 Å². The first-order valence-electron chi connectivity index (χ1n) is 10.5. The Balaban J connectivity index is 0.00000240. The summed E-state index contributed by atoms with van der Waals surface area (Å²) in [6.07, 6.45) is 2.31. The van der Waals surface area contributed by atoms with Gasteiger partial charge in [0.05, 0.1) is 19.1 Å². The summed E-state index contributed by atoms with van der Waals surface area (Å²) in [7, 11) is 1.65. The lowest BCUT2D eigenvalue weighted by Gasteiger charge is -2.30. The van der Waals surface area contributed by atoms with Crippen LogP contribution < -0.4 is 10.1 Å². The molecular formula is C22H32ClN3O3. The minimum Gasteiger partial charge on any atom is -0.497 e. The van der Waals surface area contributed by atoms with Crippen LogP contribution in [-0.2, 0) is 9.59 Å². The van der Waals surface area contributed by atoms with Crippen molar-refractivity contribution in [3.63, 3.8) is 0 Å². The second-order valence-electron chi connectivity index (χ2n) is 8.39. The highest BCUT2D eigenvalue weighted by atomic mass is 35.5. The Labute approximate surface area is 179 Å². The van der Waals surface area contributed by atoms with Crippen LogP contribution in [0.4, 0.5) is 0 Å². The summed E-state index contributed by atoms with van der Waals surface area (Å²) in [5.41, 5.74) is 1.03. The van der Waals surface area contributed by atoms with Gasteiger partial charge in [-0.05, 0) is 36.0 Å². The molecule has 0 aromatic heterocycles. The summed E-state index contributed by atoms with van der Waals surface area (Å²) in [5.74, 6) is 1.89. The summed E-state index contributed by atoms with van der Waals surface area (Å²) in [6, 6.07) is 7.68. The summed E-state index contributed by atoms with van der Waals surface area (Å²) in [6.45, 7) is 6.50. The molecule has 3 aliphatic rings. The molecule has 3 saturated heterocycles. The van der Waals surface area contributed by atoms with E-state index in [0.717, 1.165) is 50.3 Å². The topological polar surface area (TPSA) is 61.9 Å². The van der Waals surface area contributed by atoms with Crippen LogP contribution in [0.15, 0.2) is 24.3 Å². The van der Waals surface area contributed by atoms with Crippen LogP contribution in [0.25, 0.3) is 0 Å². The molecule has 7 heteroatoms. The van der Waals surface area contributed by atoms with Crippen molar-refractivity contribution in [3.05, 3.63) is 29.8 Å². The van der Waals surface area contributed by atoms with E-state index in [0.29, 0.717) is 24.8 Å². The van der Waals surface area contributed by atoms with E-state index < -0.39 is 0 Å². The SMILES string of the molecule is CCCCN1C(=O)CC(C(=O)N2C[C@H]3CNC[C@H]3C2)C1c1ccc(OC)cc1.Cl. The monoisotopic (exact) mass is 421 g/mol. The number of fused-ring (bicyclic) bond motifs is 1. The van der Waals surface area contributed by atoms with Crippen LogP contribution in [0.2, 0.25) is 0 Å². The van der Waals surface area contributed by atoms with Gasteiger partial charge in [-0.1, -0.05) is 25.5 Å². The molecule has 2 unspecified atom stereocenters. The van der Waals surface area contributed by atoms with Crippen LogP contribution in [0.1, 0.15) is 37.8 Å². The van der Waals surface area contributed by atoms with Gasteiger partial charge < -0.3 is 19.9 Å². The Hall–Kier alpha value is -1.79. The van der Waals surface area contributed by atoms with Gasteiger partial charge >= 0.3 is 0 Å². The number of benzene rings is 1. The zero-order valence-electron chi connectivity index (χ0n) is 17.3. The van der Waals surface area contributed by atoms with Gasteiger partial charge in [0.15, 0.2) is 0 Å². The van der Waals surface area contributed by atoms with Crippen LogP contribution in [-0.4, -0.2) is 61.4 Å². The average Bonchev–Trinajstić information content (AvgIpc) is 3.39. The van der Waals surface area contributed by atoms with Crippen molar-refractivity contribution < 1.29 is 14.3 Å². The number of nitrogens with zero attached hydrogens (tertiary/aromatic N) is 2. The van der Waals surface area contributed by atoms with E-state index >= 15 is 0 Å². The first-order valence-corrected chi connectivity index (χ1v) is 10.5. The number of hydrogen-bond acceptors (Lipinski definition) is 4. The molecule has 2 amide bonds. The third kappa shape index (κ3) is 4.24. The number of carbonyl (C=O) groups excluding carboxylic acids is 2. The van der Waals surface area contributed by atoms with Gasteiger partial charge in [0, 0.05) is 39.1 Å². The summed E-state index contributed by atoms with van der Waals surface area (Å²) >= 11 is 0. The highest BCUT2D eigenvalue weighted by Gasteiger charge is 2.48. The molecule has 29 heavy (non-hydrogen) atoms. The van der Waals surface area contributed by atoms with E-state index in [1.165, 1.54) is 0 Å². The Morgan fingerprint density at radius 1 is 1.17 bits per heavy atom. The number of halogens is 1. The third-order valence-electron chi connectivity index (χ3n) is 6.66. The molecule has 3 aliphatic heterocycles. The molecule has 3 heterocycles. The molecule has 0 bridgehead atoms. The molecule has 4 atom stereocenters. The molecule has 1 aromatic rings. The lowest BCUT2D eigenvalue weighted by molar-refractivity contribution is -0.135. The molecule has 1 N–H and O–H groups in total. The predicted octanol–water partition coefficient (Wildman–Crippen LogP) is 2.48. The van der Waals surface area contributed by atoms with Gasteiger partial charge in [0.25, 0.3) is 0 Å². The molecule has 0 saturated carbocycles. The highest BCUT2D eigenvalue weighted by molar-refractivity contribution is 5.90. The van der Waals surface area contributed by atoms with Crippen molar-refractivity contribution in [1.82, 2.24) is 15.1 Å². The molecule has 0 radical (unpaired) electrons. The quantitative estimate of drug-likeness (QED) is 0.766. The summed E-state index contributed by atoms with van der Waals surface area (Å²) < 4.78 is 5.28. The van der Waals surface area contributed by atoms with E-state index in [1.807, 2.05) is 34.1 Å². The lowest BCUT2D eigenvalue weighted by Crippen LogP contribution is -2.39. The van der Waals surface area contributed by atoms with E-state index in [-0.39, 0.29) is 36.2 Å². The molecule has 0 spiro atoms. The Kier molecular flexibility index (Phi) is 7.06. The number of hydrogen-bond donors (Lipinski definition) is 1. The first-order chi connectivity index (χ1) is 13.6. The predicted molar refractivity (Wildman–Crippen MR) is 114 cm³/mol. The van der Waals surface area contributed by atoms with Crippen LogP contribution in [0.3, 0.4) is 0 Å². The van der Waals surface area contributed by atoms with E-state index in [1.54, 1.807) is 7.11 Å². The highest BCUT2D eigenvalue weighted by Crippen LogP contribution is 2.41.